The number of aryl methyl sites for hydroxylation is 1. The zero-order valence-corrected chi connectivity index (χ0v) is 12.9. The molecule has 1 rings (SSSR count). The first-order valence-corrected chi connectivity index (χ1v) is 7.47. The second-order valence-electron chi connectivity index (χ2n) is 5.58. The first-order chi connectivity index (χ1) is 9.46. The van der Waals surface area contributed by atoms with Gasteiger partial charge in [0.05, 0.1) is 5.56 Å². The molecule has 2 N–H and O–H groups in total. The normalized spacial score (nSPS) is 13.8. The maximum absolute atomic E-state index is 11.2. The molecule has 20 heavy (non-hydrogen) atoms. The summed E-state index contributed by atoms with van der Waals surface area (Å²) in [4.78, 5) is 15.7. The summed E-state index contributed by atoms with van der Waals surface area (Å²) in [6.07, 6.45) is 3.96. The van der Waals surface area contributed by atoms with Crippen LogP contribution in [0.4, 0.5) is 5.82 Å². The predicted octanol–water partition coefficient (Wildman–Crippen LogP) is 3.97. The molecule has 0 aromatic carbocycles. The maximum Gasteiger partial charge on any atom is 0.335 e. The zero-order chi connectivity index (χ0) is 15.1. The first kappa shape index (κ1) is 16.5. The van der Waals surface area contributed by atoms with Crippen molar-refractivity contribution in [3.63, 3.8) is 0 Å². The zero-order valence-electron chi connectivity index (χ0n) is 12.9. The number of carboxylic acids is 1. The lowest BCUT2D eigenvalue weighted by Gasteiger charge is -2.18. The van der Waals surface area contributed by atoms with Crippen LogP contribution in [0.5, 0.6) is 0 Å². The van der Waals surface area contributed by atoms with Crippen LogP contribution in [-0.4, -0.2) is 22.1 Å². The fourth-order valence-corrected chi connectivity index (χ4v) is 2.25. The van der Waals surface area contributed by atoms with E-state index in [0.29, 0.717) is 17.3 Å². The molecular formula is C16H26N2O2. The Labute approximate surface area is 121 Å². The summed E-state index contributed by atoms with van der Waals surface area (Å²) >= 11 is 0. The van der Waals surface area contributed by atoms with Gasteiger partial charge in [0.25, 0.3) is 0 Å². The van der Waals surface area contributed by atoms with Crippen LogP contribution in [-0.2, 0) is 6.42 Å². The van der Waals surface area contributed by atoms with Gasteiger partial charge >= 0.3 is 5.97 Å². The van der Waals surface area contributed by atoms with Gasteiger partial charge in [0, 0.05) is 11.7 Å². The van der Waals surface area contributed by atoms with Crippen LogP contribution in [0.25, 0.3) is 0 Å². The van der Waals surface area contributed by atoms with E-state index >= 15 is 0 Å². The quantitative estimate of drug-likeness (QED) is 0.755. The molecule has 0 aliphatic rings. The molecule has 1 aromatic heterocycles. The molecule has 0 radical (unpaired) electrons. The fraction of sp³-hybridized carbons (Fsp3) is 0.625. The minimum Gasteiger partial charge on any atom is -0.478 e. The van der Waals surface area contributed by atoms with Crippen LogP contribution in [0, 0.1) is 5.92 Å². The van der Waals surface area contributed by atoms with Gasteiger partial charge in [0.1, 0.15) is 5.82 Å². The third-order valence-corrected chi connectivity index (χ3v) is 3.48. The number of carboxylic acid groups (broad SMARTS) is 1. The van der Waals surface area contributed by atoms with E-state index in [4.69, 9.17) is 5.11 Å². The van der Waals surface area contributed by atoms with E-state index < -0.39 is 5.97 Å². The predicted molar refractivity (Wildman–Crippen MR) is 82.3 cm³/mol. The van der Waals surface area contributed by atoms with Crippen molar-refractivity contribution in [3.8, 4) is 0 Å². The molecule has 4 heteroatoms. The van der Waals surface area contributed by atoms with Crippen LogP contribution in [0.15, 0.2) is 12.1 Å². The third kappa shape index (κ3) is 5.19. The Hall–Kier alpha value is -1.58. The summed E-state index contributed by atoms with van der Waals surface area (Å²) in [6.45, 7) is 8.58. The molecule has 0 saturated heterocycles. The summed E-state index contributed by atoms with van der Waals surface area (Å²) in [5, 5.41) is 12.5. The van der Waals surface area contributed by atoms with Crippen LogP contribution in [0.1, 0.15) is 63.0 Å². The first-order valence-electron chi connectivity index (χ1n) is 7.47. The molecule has 0 aliphatic carbocycles. The Morgan fingerprint density at radius 3 is 2.60 bits per heavy atom. The van der Waals surface area contributed by atoms with Crippen LogP contribution in [0.3, 0.4) is 0 Å². The average molecular weight is 278 g/mol. The molecule has 0 aliphatic heterocycles. The summed E-state index contributed by atoms with van der Waals surface area (Å²) in [5.74, 6) is 0.418. The number of hydrogen-bond acceptors (Lipinski definition) is 3. The van der Waals surface area contributed by atoms with E-state index in [-0.39, 0.29) is 6.04 Å². The summed E-state index contributed by atoms with van der Waals surface area (Å²) in [5.41, 5.74) is 1.15. The largest absolute Gasteiger partial charge is 0.478 e. The van der Waals surface area contributed by atoms with Gasteiger partial charge in [-0.15, -0.1) is 0 Å². The van der Waals surface area contributed by atoms with E-state index in [1.807, 2.05) is 0 Å². The summed E-state index contributed by atoms with van der Waals surface area (Å²) < 4.78 is 0. The number of carbonyl (C=O) groups is 1. The highest BCUT2D eigenvalue weighted by atomic mass is 16.4. The summed E-state index contributed by atoms with van der Waals surface area (Å²) in [7, 11) is 0. The number of nitrogens with one attached hydrogen (secondary N) is 1. The molecule has 4 nitrogen and oxygen atoms in total. The number of anilines is 1. The second-order valence-corrected chi connectivity index (χ2v) is 5.58. The highest BCUT2D eigenvalue weighted by Gasteiger charge is 2.11. The van der Waals surface area contributed by atoms with Gasteiger partial charge in [-0.1, -0.05) is 33.6 Å². The highest BCUT2D eigenvalue weighted by Crippen LogP contribution is 2.16. The van der Waals surface area contributed by atoms with Crippen LogP contribution < -0.4 is 5.32 Å². The van der Waals surface area contributed by atoms with E-state index in [1.54, 1.807) is 12.1 Å². The van der Waals surface area contributed by atoms with Gasteiger partial charge in [-0.2, -0.15) is 0 Å². The topological polar surface area (TPSA) is 62.2 Å². The van der Waals surface area contributed by atoms with Gasteiger partial charge in [-0.25, -0.2) is 9.78 Å². The number of nitrogens with zero attached hydrogens (tertiary/aromatic N) is 1. The van der Waals surface area contributed by atoms with Crippen molar-refractivity contribution < 1.29 is 9.90 Å². The van der Waals surface area contributed by atoms with Gasteiger partial charge in [-0.05, 0) is 37.8 Å². The van der Waals surface area contributed by atoms with E-state index in [9.17, 15) is 4.79 Å². The molecule has 1 heterocycles. The summed E-state index contributed by atoms with van der Waals surface area (Å²) in [6, 6.07) is 3.57. The Kier molecular flexibility index (Phi) is 6.49. The maximum atomic E-state index is 11.2. The molecule has 112 valence electrons. The molecular weight excluding hydrogens is 252 g/mol. The Balaban J connectivity index is 2.84. The molecule has 0 spiro atoms. The fourth-order valence-electron chi connectivity index (χ4n) is 2.25. The van der Waals surface area contributed by atoms with Crippen LogP contribution >= 0.6 is 0 Å². The van der Waals surface area contributed by atoms with Crippen molar-refractivity contribution in [1.29, 1.82) is 0 Å². The minimum atomic E-state index is -0.901. The minimum absolute atomic E-state index is 0.288. The SMILES string of the molecule is CCCc1cc(C(=O)O)cc(NC(C)CC(C)CC)n1. The van der Waals surface area contributed by atoms with Crippen molar-refractivity contribution in [3.05, 3.63) is 23.4 Å². The molecule has 0 saturated carbocycles. The molecule has 2 unspecified atom stereocenters. The Morgan fingerprint density at radius 2 is 2.05 bits per heavy atom. The number of rotatable bonds is 8. The Morgan fingerprint density at radius 1 is 1.35 bits per heavy atom. The van der Waals surface area contributed by atoms with Gasteiger partial charge < -0.3 is 10.4 Å². The van der Waals surface area contributed by atoms with Crippen molar-refractivity contribution in [2.45, 2.75) is 59.4 Å². The average Bonchev–Trinajstić information content (AvgIpc) is 2.38. The third-order valence-electron chi connectivity index (χ3n) is 3.48. The monoisotopic (exact) mass is 278 g/mol. The Bertz CT molecular complexity index is 446. The lowest BCUT2D eigenvalue weighted by atomic mass is 10.0. The highest BCUT2D eigenvalue weighted by molar-refractivity contribution is 5.88. The van der Waals surface area contributed by atoms with Crippen molar-refractivity contribution in [1.82, 2.24) is 4.98 Å². The number of pyridine rings is 1. The van der Waals surface area contributed by atoms with Crippen molar-refractivity contribution >= 4 is 11.8 Å². The number of hydrogen-bond donors (Lipinski definition) is 2. The van der Waals surface area contributed by atoms with E-state index in [0.717, 1.165) is 31.4 Å². The van der Waals surface area contributed by atoms with E-state index in [1.165, 1.54) is 0 Å². The van der Waals surface area contributed by atoms with Crippen molar-refractivity contribution in [2.75, 3.05) is 5.32 Å². The molecule has 0 bridgehead atoms. The second kappa shape index (κ2) is 7.88. The van der Waals surface area contributed by atoms with Crippen LogP contribution in [0.2, 0.25) is 0 Å². The van der Waals surface area contributed by atoms with Gasteiger partial charge in [0.2, 0.25) is 0 Å². The smallest absolute Gasteiger partial charge is 0.335 e. The molecule has 1 aromatic rings. The number of aromatic carboxylic acids is 1. The van der Waals surface area contributed by atoms with Crippen molar-refractivity contribution in [2.24, 2.45) is 5.92 Å². The molecule has 2 atom stereocenters. The van der Waals surface area contributed by atoms with Gasteiger partial charge in [-0.3, -0.25) is 0 Å². The van der Waals surface area contributed by atoms with E-state index in [2.05, 4.69) is 38.0 Å². The lowest BCUT2D eigenvalue weighted by molar-refractivity contribution is 0.0696. The number of aromatic nitrogens is 1. The van der Waals surface area contributed by atoms with Gasteiger partial charge in [0.15, 0.2) is 0 Å². The lowest BCUT2D eigenvalue weighted by Crippen LogP contribution is -2.19. The standard InChI is InChI=1S/C16H26N2O2/c1-5-7-14-9-13(16(19)20)10-15(18-14)17-12(4)8-11(3)6-2/h9-12H,5-8H2,1-4H3,(H,17,18)(H,19,20). The molecule has 0 amide bonds. The molecule has 0 fully saturated rings.